The zero-order valence-corrected chi connectivity index (χ0v) is 19.3. The highest BCUT2D eigenvalue weighted by Gasteiger charge is 2.60. The molecule has 1 spiro atoms. The van der Waals surface area contributed by atoms with Gasteiger partial charge in [0.2, 0.25) is 12.7 Å². The van der Waals surface area contributed by atoms with E-state index >= 15 is 0 Å². The van der Waals surface area contributed by atoms with Gasteiger partial charge in [0.15, 0.2) is 6.23 Å². The Morgan fingerprint density at radius 3 is 2.79 bits per heavy atom. The molecule has 1 aliphatic carbocycles. The van der Waals surface area contributed by atoms with Crippen molar-refractivity contribution in [1.82, 2.24) is 15.0 Å². The predicted molar refractivity (Wildman–Crippen MR) is 120 cm³/mol. The molecule has 8 heteroatoms. The number of methoxy groups -OCH3 is 1. The van der Waals surface area contributed by atoms with Crippen LogP contribution in [0.1, 0.15) is 49.5 Å². The molecule has 3 unspecified atom stereocenters. The molecule has 5 aliphatic rings. The maximum absolute atomic E-state index is 13.7. The minimum Gasteiger partial charge on any atom is -0.448 e. The first-order chi connectivity index (χ1) is 16.2. The van der Waals surface area contributed by atoms with Gasteiger partial charge in [0.25, 0.3) is 0 Å². The molecule has 176 valence electrons. The summed E-state index contributed by atoms with van der Waals surface area (Å²) in [5.74, 6) is 0.919. The molecule has 0 N–H and O–H groups in total. The van der Waals surface area contributed by atoms with Gasteiger partial charge in [-0.3, -0.25) is 9.63 Å². The van der Waals surface area contributed by atoms with E-state index in [1.54, 1.807) is 19.3 Å². The molecule has 4 heterocycles. The largest absolute Gasteiger partial charge is 0.448 e. The maximum Gasteiger partial charge on any atom is 0.221 e. The van der Waals surface area contributed by atoms with E-state index in [0.717, 1.165) is 48.3 Å². The van der Waals surface area contributed by atoms with Crippen LogP contribution in [0.3, 0.4) is 0 Å². The Labute approximate surface area is 194 Å². The Kier molecular flexibility index (Phi) is 5.31. The molecule has 33 heavy (non-hydrogen) atoms. The summed E-state index contributed by atoms with van der Waals surface area (Å²) in [6.45, 7) is 3.40. The van der Waals surface area contributed by atoms with Gasteiger partial charge in [-0.15, -0.1) is 5.06 Å². The number of hydrogen-bond donors (Lipinski definition) is 0. The van der Waals surface area contributed by atoms with Crippen molar-refractivity contribution >= 4 is 11.4 Å². The minimum absolute atomic E-state index is 0.0407. The Hall–Kier alpha value is -2.23. The van der Waals surface area contributed by atoms with Crippen LogP contribution < -0.4 is 0 Å². The Morgan fingerprint density at radius 2 is 2.00 bits per heavy atom. The van der Waals surface area contributed by atoms with Crippen LogP contribution in [0, 0.1) is 5.92 Å². The van der Waals surface area contributed by atoms with Crippen LogP contribution >= 0.6 is 0 Å². The second-order valence-electron chi connectivity index (χ2n) is 9.47. The fourth-order valence-electron chi connectivity index (χ4n) is 6.34. The summed E-state index contributed by atoms with van der Waals surface area (Å²) in [6, 6.07) is 8.16. The van der Waals surface area contributed by atoms with Crippen LogP contribution in [0.5, 0.6) is 0 Å². The molecule has 8 nitrogen and oxygen atoms in total. The highest BCUT2D eigenvalue weighted by molar-refractivity contribution is 5.93. The van der Waals surface area contributed by atoms with Gasteiger partial charge in [0, 0.05) is 42.4 Å². The van der Waals surface area contributed by atoms with Crippen molar-refractivity contribution in [2.75, 3.05) is 40.6 Å². The Morgan fingerprint density at radius 1 is 1.18 bits per heavy atom. The molecule has 0 bridgehead atoms. The monoisotopic (exact) mass is 453 g/mol. The van der Waals surface area contributed by atoms with Crippen LogP contribution in [-0.4, -0.2) is 67.0 Å². The Bertz CT molecular complexity index is 1020. The number of carbonyl (C=O) groups is 1. The average molecular weight is 454 g/mol. The molecule has 0 aromatic heterocycles. The fourth-order valence-corrected chi connectivity index (χ4v) is 6.34. The highest BCUT2D eigenvalue weighted by Crippen LogP contribution is 2.58. The van der Waals surface area contributed by atoms with Gasteiger partial charge in [0.05, 0.1) is 7.11 Å². The number of nitrogens with zero attached hydrogens (tertiary/aromatic N) is 3. The van der Waals surface area contributed by atoms with Crippen molar-refractivity contribution in [3.05, 3.63) is 53.0 Å². The molecule has 4 aliphatic heterocycles. The molecular formula is C25H31N3O5. The molecule has 1 saturated carbocycles. The lowest BCUT2D eigenvalue weighted by Gasteiger charge is -2.55. The number of ether oxygens (including phenoxy) is 2. The zero-order chi connectivity index (χ0) is 22.6. The third kappa shape index (κ3) is 3.12. The third-order valence-corrected chi connectivity index (χ3v) is 7.89. The average Bonchev–Trinajstić information content (AvgIpc) is 3.52. The highest BCUT2D eigenvalue weighted by atomic mass is 16.8. The quantitative estimate of drug-likeness (QED) is 0.674. The molecule has 3 fully saturated rings. The number of hydroxylamine groups is 4. The first kappa shape index (κ1) is 21.3. The topological polar surface area (TPSA) is 63.7 Å². The van der Waals surface area contributed by atoms with Gasteiger partial charge in [-0.05, 0) is 50.9 Å². The summed E-state index contributed by atoms with van der Waals surface area (Å²) in [5, 5.41) is 3.59. The lowest BCUT2D eigenvalue weighted by atomic mass is 9.63. The van der Waals surface area contributed by atoms with Crippen molar-refractivity contribution in [3.8, 4) is 0 Å². The van der Waals surface area contributed by atoms with Gasteiger partial charge in [-0.2, -0.15) is 5.06 Å². The van der Waals surface area contributed by atoms with E-state index in [2.05, 4.69) is 11.0 Å². The summed E-state index contributed by atoms with van der Waals surface area (Å²) < 4.78 is 11.9. The summed E-state index contributed by atoms with van der Waals surface area (Å²) in [4.78, 5) is 28.0. The van der Waals surface area contributed by atoms with Crippen LogP contribution in [0.15, 0.2) is 41.9 Å². The Balaban J connectivity index is 1.44. The van der Waals surface area contributed by atoms with E-state index in [1.807, 2.05) is 29.5 Å². The molecule has 6 rings (SSSR count). The van der Waals surface area contributed by atoms with E-state index in [0.29, 0.717) is 18.7 Å². The van der Waals surface area contributed by atoms with Gasteiger partial charge >= 0.3 is 0 Å². The third-order valence-electron chi connectivity index (χ3n) is 7.89. The summed E-state index contributed by atoms with van der Waals surface area (Å²) in [7, 11) is 3.33. The van der Waals surface area contributed by atoms with Gasteiger partial charge in [-0.1, -0.05) is 24.3 Å². The normalized spacial score (nSPS) is 31.6. The SMILES string of the molecule is COC1c2ccccc2C2=CN3OCOC3=C3CC(CCN4CCCC4)C(=O)CC23N1OC. The van der Waals surface area contributed by atoms with Crippen LogP contribution in [-0.2, 0) is 23.9 Å². The molecule has 0 amide bonds. The number of hydrogen-bond acceptors (Lipinski definition) is 8. The summed E-state index contributed by atoms with van der Waals surface area (Å²) in [5.41, 5.74) is 3.30. The number of rotatable bonds is 5. The van der Waals surface area contributed by atoms with Gasteiger partial charge < -0.3 is 14.4 Å². The van der Waals surface area contributed by atoms with Gasteiger partial charge in [-0.25, -0.2) is 4.84 Å². The maximum atomic E-state index is 13.7. The van der Waals surface area contributed by atoms with Crippen LogP contribution in [0.4, 0.5) is 0 Å². The smallest absolute Gasteiger partial charge is 0.221 e. The molecule has 1 aromatic rings. The van der Waals surface area contributed by atoms with E-state index in [-0.39, 0.29) is 18.5 Å². The molecule has 0 radical (unpaired) electrons. The van der Waals surface area contributed by atoms with E-state index in [9.17, 15) is 4.79 Å². The van der Waals surface area contributed by atoms with Crippen molar-refractivity contribution in [2.45, 2.75) is 43.9 Å². The van der Waals surface area contributed by atoms with E-state index in [1.165, 1.54) is 12.8 Å². The second kappa shape index (κ2) is 8.21. The molecule has 1 aromatic carbocycles. The number of carbonyl (C=O) groups excluding carboxylic acids is 1. The lowest BCUT2D eigenvalue weighted by Crippen LogP contribution is -2.60. The zero-order valence-electron chi connectivity index (χ0n) is 19.3. The minimum atomic E-state index is -0.787. The van der Waals surface area contributed by atoms with Crippen molar-refractivity contribution in [1.29, 1.82) is 0 Å². The number of benzene rings is 1. The summed E-state index contributed by atoms with van der Waals surface area (Å²) in [6.07, 6.45) is 5.84. The van der Waals surface area contributed by atoms with E-state index < -0.39 is 11.8 Å². The first-order valence-corrected chi connectivity index (χ1v) is 11.9. The van der Waals surface area contributed by atoms with Crippen LogP contribution in [0.2, 0.25) is 0 Å². The van der Waals surface area contributed by atoms with Crippen molar-refractivity contribution < 1.29 is 23.9 Å². The number of ketones is 1. The molecular weight excluding hydrogens is 422 g/mol. The molecule has 2 saturated heterocycles. The fraction of sp³-hybridized carbons (Fsp3) is 0.560. The van der Waals surface area contributed by atoms with Gasteiger partial charge in [0.1, 0.15) is 11.3 Å². The predicted octanol–water partition coefficient (Wildman–Crippen LogP) is 3.20. The van der Waals surface area contributed by atoms with Crippen LogP contribution in [0.25, 0.3) is 5.57 Å². The van der Waals surface area contributed by atoms with E-state index in [4.69, 9.17) is 19.1 Å². The summed E-state index contributed by atoms with van der Waals surface area (Å²) >= 11 is 0. The molecule has 3 atom stereocenters. The number of fused-ring (bicyclic) bond motifs is 3. The first-order valence-electron chi connectivity index (χ1n) is 11.9. The second-order valence-corrected chi connectivity index (χ2v) is 9.47. The number of Topliss-reactive ketones (excluding diaryl/α,β-unsaturated/α-hetero) is 1. The lowest BCUT2D eigenvalue weighted by molar-refractivity contribution is -0.272. The number of likely N-dealkylation sites (tertiary alicyclic amines) is 1. The standard InChI is InChI=1S/C25H31N3O5/c1-30-23-19-8-4-3-7-18(19)21-15-27-24(32-16-33-27)20-13-17(9-12-26-10-5-6-11-26)22(29)14-25(20,21)28(23)31-2/h3-4,7-8,15,17,23H,5-6,9-14,16H2,1-2H3. The van der Waals surface area contributed by atoms with Crippen molar-refractivity contribution in [3.63, 3.8) is 0 Å². The van der Waals surface area contributed by atoms with Crippen molar-refractivity contribution in [2.24, 2.45) is 5.92 Å².